The van der Waals surface area contributed by atoms with Gasteiger partial charge in [-0.2, -0.15) is 5.10 Å². The molecule has 4 aromatic heterocycles. The maximum atomic E-state index is 15.0. The van der Waals surface area contributed by atoms with E-state index in [1.54, 1.807) is 43.9 Å². The van der Waals surface area contributed by atoms with E-state index in [1.165, 1.54) is 18.5 Å². The molecule has 0 aromatic carbocycles. The van der Waals surface area contributed by atoms with E-state index in [4.69, 9.17) is 22.1 Å². The Morgan fingerprint density at radius 3 is 2.68 bits per heavy atom. The number of pyridine rings is 2. The van der Waals surface area contributed by atoms with Crippen LogP contribution in [0.5, 0.6) is 5.88 Å². The van der Waals surface area contributed by atoms with Crippen molar-refractivity contribution >= 4 is 23.1 Å². The third-order valence-electron chi connectivity index (χ3n) is 5.94. The molecule has 0 spiro atoms. The highest BCUT2D eigenvalue weighted by Gasteiger charge is 2.22. The molecule has 38 heavy (non-hydrogen) atoms. The standard InChI is InChI=1S/C26H30ClFN8O2/c1-14(7-9-38-25-22(15(2)35-36(25)5)24-30-8-6-21(29)34-24)33-19-11-20(27)31-13-17(19)23-18(28)10-16(12-32-23)26(3,4)37/h6,8,10-14,37H,7,9H2,1-5H3,(H,31,33)(H2,29,30,34)/t14-/m0/s1. The van der Waals surface area contributed by atoms with E-state index in [2.05, 4.69) is 30.4 Å². The molecule has 0 bridgehead atoms. The smallest absolute Gasteiger partial charge is 0.223 e. The second kappa shape index (κ2) is 10.9. The van der Waals surface area contributed by atoms with E-state index < -0.39 is 11.4 Å². The molecule has 10 nitrogen and oxygen atoms in total. The van der Waals surface area contributed by atoms with Crippen LogP contribution in [0.2, 0.25) is 5.15 Å². The lowest BCUT2D eigenvalue weighted by Crippen LogP contribution is -2.20. The number of aromatic nitrogens is 6. The van der Waals surface area contributed by atoms with Crippen LogP contribution in [0.1, 0.15) is 38.4 Å². The Bertz CT molecular complexity index is 1450. The zero-order valence-electron chi connectivity index (χ0n) is 21.8. The van der Waals surface area contributed by atoms with Crippen molar-refractivity contribution in [3.05, 3.63) is 59.0 Å². The van der Waals surface area contributed by atoms with Gasteiger partial charge >= 0.3 is 0 Å². The van der Waals surface area contributed by atoms with Gasteiger partial charge in [0.25, 0.3) is 0 Å². The monoisotopic (exact) mass is 540 g/mol. The maximum absolute atomic E-state index is 15.0. The molecule has 4 rings (SSSR count). The first-order chi connectivity index (χ1) is 17.9. The molecule has 4 N–H and O–H groups in total. The molecule has 0 amide bonds. The predicted octanol–water partition coefficient (Wildman–Crippen LogP) is 4.51. The van der Waals surface area contributed by atoms with Crippen LogP contribution in [0.25, 0.3) is 22.6 Å². The van der Waals surface area contributed by atoms with E-state index in [0.29, 0.717) is 52.9 Å². The van der Waals surface area contributed by atoms with Crippen LogP contribution in [0.4, 0.5) is 15.9 Å². The fourth-order valence-electron chi connectivity index (χ4n) is 3.93. The lowest BCUT2D eigenvalue weighted by atomic mass is 9.99. The molecule has 0 unspecified atom stereocenters. The highest BCUT2D eigenvalue weighted by Crippen LogP contribution is 2.33. The minimum atomic E-state index is -1.22. The Hall–Kier alpha value is -3.83. The molecule has 4 heterocycles. The molecule has 0 saturated heterocycles. The van der Waals surface area contributed by atoms with Gasteiger partial charge in [0.05, 0.1) is 17.9 Å². The minimum Gasteiger partial charge on any atom is -0.477 e. The van der Waals surface area contributed by atoms with Crippen LogP contribution >= 0.6 is 11.6 Å². The average Bonchev–Trinajstić information content (AvgIpc) is 3.11. The van der Waals surface area contributed by atoms with Gasteiger partial charge in [0.1, 0.15) is 28.0 Å². The fourth-order valence-corrected chi connectivity index (χ4v) is 4.09. The molecule has 1 atom stereocenters. The van der Waals surface area contributed by atoms with Crippen molar-refractivity contribution in [1.29, 1.82) is 0 Å². The Balaban J connectivity index is 1.49. The Morgan fingerprint density at radius 1 is 1.24 bits per heavy atom. The number of aryl methyl sites for hydroxylation is 2. The van der Waals surface area contributed by atoms with Crippen molar-refractivity contribution < 1.29 is 14.2 Å². The summed E-state index contributed by atoms with van der Waals surface area (Å²) in [4.78, 5) is 17.0. The Kier molecular flexibility index (Phi) is 7.79. The summed E-state index contributed by atoms with van der Waals surface area (Å²) in [5.41, 5.74) is 7.52. The van der Waals surface area contributed by atoms with Gasteiger partial charge in [0, 0.05) is 54.9 Å². The zero-order valence-corrected chi connectivity index (χ0v) is 22.6. The zero-order chi connectivity index (χ0) is 27.6. The van der Waals surface area contributed by atoms with E-state index in [1.807, 2.05) is 13.8 Å². The summed E-state index contributed by atoms with van der Waals surface area (Å²) in [7, 11) is 1.79. The molecular formula is C26H30ClFN8O2. The van der Waals surface area contributed by atoms with E-state index in [-0.39, 0.29) is 16.9 Å². The number of nitrogens with zero attached hydrogens (tertiary/aromatic N) is 6. The van der Waals surface area contributed by atoms with Crippen LogP contribution < -0.4 is 15.8 Å². The molecule has 0 radical (unpaired) electrons. The summed E-state index contributed by atoms with van der Waals surface area (Å²) in [6.07, 6.45) is 5.10. The van der Waals surface area contributed by atoms with Crippen molar-refractivity contribution in [2.24, 2.45) is 7.05 Å². The van der Waals surface area contributed by atoms with E-state index in [9.17, 15) is 5.11 Å². The van der Waals surface area contributed by atoms with E-state index >= 15 is 4.39 Å². The predicted molar refractivity (Wildman–Crippen MR) is 144 cm³/mol. The van der Waals surface area contributed by atoms with Crippen LogP contribution in [0.3, 0.4) is 0 Å². The molecule has 12 heteroatoms. The van der Waals surface area contributed by atoms with Crippen molar-refractivity contribution in [2.45, 2.75) is 45.8 Å². The SMILES string of the molecule is Cc1nn(C)c(OCC[C@H](C)Nc2cc(Cl)ncc2-c2ncc(C(C)(C)O)cc2F)c1-c1nccc(N)n1. The third-order valence-corrected chi connectivity index (χ3v) is 6.14. The Labute approximate surface area is 225 Å². The average molecular weight is 541 g/mol. The molecule has 0 aliphatic rings. The van der Waals surface area contributed by atoms with Crippen LogP contribution in [-0.2, 0) is 12.6 Å². The van der Waals surface area contributed by atoms with Crippen molar-refractivity contribution in [3.63, 3.8) is 0 Å². The number of nitrogen functional groups attached to an aromatic ring is 1. The summed E-state index contributed by atoms with van der Waals surface area (Å²) in [5, 5.41) is 18.2. The number of rotatable bonds is 9. The highest BCUT2D eigenvalue weighted by molar-refractivity contribution is 6.29. The highest BCUT2D eigenvalue weighted by atomic mass is 35.5. The van der Waals surface area contributed by atoms with Crippen molar-refractivity contribution in [1.82, 2.24) is 29.7 Å². The second-order valence-electron chi connectivity index (χ2n) is 9.54. The van der Waals surface area contributed by atoms with Gasteiger partial charge in [-0.3, -0.25) is 4.98 Å². The maximum Gasteiger partial charge on any atom is 0.223 e. The molecule has 0 saturated carbocycles. The first-order valence-corrected chi connectivity index (χ1v) is 12.4. The quantitative estimate of drug-likeness (QED) is 0.262. The van der Waals surface area contributed by atoms with E-state index in [0.717, 1.165) is 5.69 Å². The number of aliphatic hydroxyl groups is 1. The summed E-state index contributed by atoms with van der Waals surface area (Å²) in [6, 6.07) is 4.42. The van der Waals surface area contributed by atoms with Gasteiger partial charge in [-0.15, -0.1) is 0 Å². The molecule has 0 fully saturated rings. The van der Waals surface area contributed by atoms with Gasteiger partial charge in [-0.25, -0.2) is 24.0 Å². The summed E-state index contributed by atoms with van der Waals surface area (Å²) >= 11 is 6.15. The Morgan fingerprint density at radius 2 is 2.00 bits per heavy atom. The molecule has 4 aromatic rings. The van der Waals surface area contributed by atoms with Crippen LogP contribution in [-0.4, -0.2) is 47.5 Å². The number of hydrogen-bond donors (Lipinski definition) is 3. The summed E-state index contributed by atoms with van der Waals surface area (Å²) in [5.74, 6) is 0.759. The topological polar surface area (TPSA) is 137 Å². The van der Waals surface area contributed by atoms with Gasteiger partial charge in [-0.1, -0.05) is 11.6 Å². The van der Waals surface area contributed by atoms with Gasteiger partial charge in [0.2, 0.25) is 5.88 Å². The molecule has 200 valence electrons. The van der Waals surface area contributed by atoms with Gasteiger partial charge in [0.15, 0.2) is 5.82 Å². The fraction of sp³-hybridized carbons (Fsp3) is 0.346. The second-order valence-corrected chi connectivity index (χ2v) is 9.93. The number of hydrogen-bond acceptors (Lipinski definition) is 9. The molecular weight excluding hydrogens is 511 g/mol. The number of ether oxygens (including phenoxy) is 1. The lowest BCUT2D eigenvalue weighted by molar-refractivity contribution is 0.0778. The first-order valence-electron chi connectivity index (χ1n) is 12.0. The summed E-state index contributed by atoms with van der Waals surface area (Å²) in [6.45, 7) is 7.32. The minimum absolute atomic E-state index is 0.0904. The number of nitrogens with two attached hydrogens (primary N) is 1. The van der Waals surface area contributed by atoms with Crippen molar-refractivity contribution in [3.8, 4) is 28.5 Å². The number of halogens is 2. The van der Waals surface area contributed by atoms with Crippen LogP contribution in [0.15, 0.2) is 36.8 Å². The molecule has 0 aliphatic heterocycles. The van der Waals surface area contributed by atoms with Gasteiger partial charge < -0.3 is 20.9 Å². The third kappa shape index (κ3) is 6.00. The van der Waals surface area contributed by atoms with Crippen molar-refractivity contribution in [2.75, 3.05) is 17.7 Å². The van der Waals surface area contributed by atoms with Crippen LogP contribution in [0, 0.1) is 12.7 Å². The largest absolute Gasteiger partial charge is 0.477 e. The molecule has 0 aliphatic carbocycles. The first kappa shape index (κ1) is 27.2. The van der Waals surface area contributed by atoms with Gasteiger partial charge in [-0.05, 0) is 45.9 Å². The normalized spacial score (nSPS) is 12.4. The number of anilines is 2. The number of nitrogens with one attached hydrogen (secondary N) is 1. The lowest BCUT2D eigenvalue weighted by Gasteiger charge is -2.20. The summed E-state index contributed by atoms with van der Waals surface area (Å²) < 4.78 is 22.7.